The minimum Gasteiger partial charge on any atom is -0.451 e. The van der Waals surface area contributed by atoms with Crippen LogP contribution in [0.4, 0.5) is 5.69 Å². The standard InChI is InChI=1S/C11H8BN2O3/c15-11(10-5-16-6-13-10)14-8-2-1-7-4-17-12-9(7)3-8/h1-3,5-6H,4H2,(H,14,15). The van der Waals surface area contributed by atoms with Crippen LogP contribution in [0.3, 0.4) is 0 Å². The van der Waals surface area contributed by atoms with E-state index in [0.29, 0.717) is 12.3 Å². The van der Waals surface area contributed by atoms with Gasteiger partial charge in [0.25, 0.3) is 5.91 Å². The van der Waals surface area contributed by atoms with E-state index < -0.39 is 0 Å². The highest BCUT2D eigenvalue weighted by molar-refractivity contribution is 6.49. The summed E-state index contributed by atoms with van der Waals surface area (Å²) in [5.41, 5.74) is 3.07. The van der Waals surface area contributed by atoms with Gasteiger partial charge in [-0.05, 0) is 23.2 Å². The Morgan fingerprint density at radius 1 is 1.47 bits per heavy atom. The normalized spacial score (nSPS) is 12.9. The van der Waals surface area contributed by atoms with Crippen molar-refractivity contribution in [2.24, 2.45) is 0 Å². The predicted molar refractivity (Wildman–Crippen MR) is 61.1 cm³/mol. The van der Waals surface area contributed by atoms with Gasteiger partial charge in [0, 0.05) is 5.69 Å². The molecule has 17 heavy (non-hydrogen) atoms. The molecule has 1 aromatic carbocycles. The van der Waals surface area contributed by atoms with E-state index in [9.17, 15) is 4.79 Å². The van der Waals surface area contributed by atoms with Crippen molar-refractivity contribution in [3.63, 3.8) is 0 Å². The summed E-state index contributed by atoms with van der Waals surface area (Å²) >= 11 is 0. The van der Waals surface area contributed by atoms with Crippen molar-refractivity contribution in [3.05, 3.63) is 42.1 Å². The van der Waals surface area contributed by atoms with E-state index in [-0.39, 0.29) is 11.6 Å². The zero-order chi connectivity index (χ0) is 11.7. The first kappa shape index (κ1) is 10.1. The number of nitrogens with zero attached hydrogens (tertiary/aromatic N) is 1. The summed E-state index contributed by atoms with van der Waals surface area (Å²) in [6.07, 6.45) is 2.52. The van der Waals surface area contributed by atoms with Gasteiger partial charge >= 0.3 is 7.48 Å². The maximum absolute atomic E-state index is 11.7. The Kier molecular flexibility index (Phi) is 2.42. The molecule has 6 heteroatoms. The van der Waals surface area contributed by atoms with Gasteiger partial charge in [0.1, 0.15) is 6.26 Å². The molecule has 0 aliphatic carbocycles. The molecule has 1 radical (unpaired) electrons. The summed E-state index contributed by atoms with van der Waals surface area (Å²) in [5, 5.41) is 2.74. The Hall–Kier alpha value is -2.08. The molecule has 0 atom stereocenters. The second-order valence-corrected chi connectivity index (χ2v) is 3.67. The molecule has 0 spiro atoms. The Bertz CT molecular complexity index is 554. The van der Waals surface area contributed by atoms with Crippen LogP contribution < -0.4 is 10.8 Å². The van der Waals surface area contributed by atoms with Crippen molar-refractivity contribution in [1.29, 1.82) is 0 Å². The Morgan fingerprint density at radius 2 is 2.41 bits per heavy atom. The van der Waals surface area contributed by atoms with Crippen LogP contribution in [-0.4, -0.2) is 18.4 Å². The summed E-state index contributed by atoms with van der Waals surface area (Å²) in [5.74, 6) is -0.294. The molecule has 1 aromatic heterocycles. The summed E-state index contributed by atoms with van der Waals surface area (Å²) < 4.78 is 9.93. The lowest BCUT2D eigenvalue weighted by atomic mass is 9.87. The first-order chi connectivity index (χ1) is 8.33. The lowest BCUT2D eigenvalue weighted by molar-refractivity contribution is 0.102. The Morgan fingerprint density at radius 3 is 3.24 bits per heavy atom. The van der Waals surface area contributed by atoms with E-state index in [4.69, 9.17) is 9.07 Å². The van der Waals surface area contributed by atoms with Gasteiger partial charge in [-0.1, -0.05) is 6.07 Å². The topological polar surface area (TPSA) is 64.4 Å². The highest BCUT2D eigenvalue weighted by Gasteiger charge is 2.15. The van der Waals surface area contributed by atoms with Crippen molar-refractivity contribution < 1.29 is 13.9 Å². The fourth-order valence-electron chi connectivity index (χ4n) is 1.65. The van der Waals surface area contributed by atoms with Crippen LogP contribution >= 0.6 is 0 Å². The van der Waals surface area contributed by atoms with Gasteiger partial charge in [-0.25, -0.2) is 4.98 Å². The number of oxazole rings is 1. The van der Waals surface area contributed by atoms with E-state index in [1.165, 1.54) is 12.7 Å². The summed E-state index contributed by atoms with van der Waals surface area (Å²) in [7, 11) is 1.68. The first-order valence-electron chi connectivity index (χ1n) is 5.10. The molecule has 5 nitrogen and oxygen atoms in total. The molecule has 3 rings (SSSR count). The van der Waals surface area contributed by atoms with Gasteiger partial charge in [0.15, 0.2) is 12.1 Å². The van der Waals surface area contributed by atoms with Crippen LogP contribution in [-0.2, 0) is 11.3 Å². The van der Waals surface area contributed by atoms with Gasteiger partial charge in [-0.2, -0.15) is 0 Å². The van der Waals surface area contributed by atoms with Crippen LogP contribution in [0.15, 0.2) is 35.3 Å². The van der Waals surface area contributed by atoms with Crippen LogP contribution in [0.5, 0.6) is 0 Å². The fourth-order valence-corrected chi connectivity index (χ4v) is 1.65. The molecular weight excluding hydrogens is 219 g/mol. The number of nitrogens with one attached hydrogen (secondary N) is 1. The lowest BCUT2D eigenvalue weighted by Gasteiger charge is -2.04. The maximum Gasteiger partial charge on any atom is 0.330 e. The third-order valence-corrected chi connectivity index (χ3v) is 2.52. The van der Waals surface area contributed by atoms with Crippen molar-refractivity contribution in [1.82, 2.24) is 4.98 Å². The molecule has 2 heterocycles. The number of amides is 1. The minimum absolute atomic E-state index is 0.255. The van der Waals surface area contributed by atoms with Gasteiger partial charge in [-0.15, -0.1) is 0 Å². The van der Waals surface area contributed by atoms with Crippen molar-refractivity contribution in [2.45, 2.75) is 6.61 Å². The smallest absolute Gasteiger partial charge is 0.330 e. The molecule has 1 aliphatic rings. The number of rotatable bonds is 2. The number of hydrogen-bond acceptors (Lipinski definition) is 4. The summed E-state index contributed by atoms with van der Waals surface area (Å²) in [6.45, 7) is 0.590. The van der Waals surface area contributed by atoms with Crippen LogP contribution in [0.2, 0.25) is 0 Å². The number of benzene rings is 1. The Balaban J connectivity index is 1.80. The molecule has 0 bridgehead atoms. The van der Waals surface area contributed by atoms with Gasteiger partial charge in [-0.3, -0.25) is 4.79 Å². The minimum atomic E-state index is -0.294. The number of anilines is 1. The van der Waals surface area contributed by atoms with E-state index in [2.05, 4.69) is 10.3 Å². The first-order valence-corrected chi connectivity index (χ1v) is 5.10. The van der Waals surface area contributed by atoms with E-state index >= 15 is 0 Å². The molecule has 0 saturated carbocycles. The quantitative estimate of drug-likeness (QED) is 0.767. The maximum atomic E-state index is 11.7. The molecule has 83 valence electrons. The van der Waals surface area contributed by atoms with E-state index in [1.54, 1.807) is 7.48 Å². The molecule has 2 aromatic rings. The predicted octanol–water partition coefficient (Wildman–Crippen LogP) is 0.702. The second-order valence-electron chi connectivity index (χ2n) is 3.67. The zero-order valence-corrected chi connectivity index (χ0v) is 8.84. The number of aromatic nitrogens is 1. The highest BCUT2D eigenvalue weighted by atomic mass is 16.4. The highest BCUT2D eigenvalue weighted by Crippen LogP contribution is 2.12. The third kappa shape index (κ3) is 1.94. The summed E-state index contributed by atoms with van der Waals surface area (Å²) in [6, 6.07) is 5.62. The molecule has 0 saturated heterocycles. The molecule has 1 N–H and O–H groups in total. The van der Waals surface area contributed by atoms with Gasteiger partial charge in [0.05, 0.1) is 6.61 Å². The largest absolute Gasteiger partial charge is 0.451 e. The van der Waals surface area contributed by atoms with Crippen LogP contribution in [0.1, 0.15) is 16.1 Å². The zero-order valence-electron chi connectivity index (χ0n) is 8.84. The average molecular weight is 227 g/mol. The monoisotopic (exact) mass is 227 g/mol. The van der Waals surface area contributed by atoms with E-state index in [1.807, 2.05) is 18.2 Å². The number of carbonyl (C=O) groups excluding carboxylic acids is 1. The molecule has 0 fully saturated rings. The van der Waals surface area contributed by atoms with Gasteiger partial charge in [0.2, 0.25) is 0 Å². The second kappa shape index (κ2) is 4.06. The summed E-state index contributed by atoms with van der Waals surface area (Å²) in [4.78, 5) is 15.5. The third-order valence-electron chi connectivity index (χ3n) is 2.52. The molecule has 0 unspecified atom stereocenters. The van der Waals surface area contributed by atoms with Crippen molar-refractivity contribution in [3.8, 4) is 0 Å². The van der Waals surface area contributed by atoms with Crippen LogP contribution in [0.25, 0.3) is 0 Å². The van der Waals surface area contributed by atoms with Crippen LogP contribution in [0, 0.1) is 0 Å². The number of hydrogen-bond donors (Lipinski definition) is 1. The van der Waals surface area contributed by atoms with Gasteiger partial charge < -0.3 is 14.4 Å². The average Bonchev–Trinajstić information content (AvgIpc) is 2.99. The van der Waals surface area contributed by atoms with E-state index in [0.717, 1.165) is 11.0 Å². The molecular formula is C11H8BN2O3. The SMILES string of the molecule is O=C(Nc1ccc2c(c1)[B]OC2)c1cocn1. The number of fused-ring (bicyclic) bond motifs is 1. The van der Waals surface area contributed by atoms with Crippen molar-refractivity contribution in [2.75, 3.05) is 5.32 Å². The number of carbonyl (C=O) groups is 1. The van der Waals surface area contributed by atoms with Crippen molar-refractivity contribution >= 4 is 24.5 Å². The Labute approximate surface area is 98.1 Å². The lowest BCUT2D eigenvalue weighted by Crippen LogP contribution is -2.16. The molecule has 1 aliphatic heterocycles. The molecule has 1 amide bonds. The fraction of sp³-hybridized carbons (Fsp3) is 0.0909.